The molecule has 0 bridgehead atoms. The van der Waals surface area contributed by atoms with Crippen LogP contribution in [0.15, 0.2) is 21.6 Å². The third-order valence-electron chi connectivity index (χ3n) is 4.26. The Morgan fingerprint density at radius 2 is 1.96 bits per heavy atom. The third kappa shape index (κ3) is 4.18. The van der Waals surface area contributed by atoms with Crippen LogP contribution < -0.4 is 14.8 Å². The highest BCUT2D eigenvalue weighted by Crippen LogP contribution is 2.40. The summed E-state index contributed by atoms with van der Waals surface area (Å²) in [4.78, 5) is 20.3. The molecule has 1 aromatic rings. The van der Waals surface area contributed by atoms with E-state index in [1.165, 1.54) is 0 Å². The first-order chi connectivity index (χ1) is 12.1. The van der Waals surface area contributed by atoms with Crippen LogP contribution in [0.2, 0.25) is 0 Å². The number of ether oxygens (including phenoxy) is 2. The highest BCUT2D eigenvalue weighted by Gasteiger charge is 2.21. The lowest BCUT2D eigenvalue weighted by molar-refractivity contribution is -0.130. The molecule has 0 saturated carbocycles. The van der Waals surface area contributed by atoms with Crippen LogP contribution >= 0.6 is 15.9 Å². The Balaban J connectivity index is 1.69. The van der Waals surface area contributed by atoms with Crippen LogP contribution in [0.5, 0.6) is 11.5 Å². The average Bonchev–Trinajstić information content (AvgIpc) is 3.08. The number of carbonyl (C=O) groups is 1. The molecule has 2 heterocycles. The number of carbonyl (C=O) groups excluding carboxylic acids is 1. The standard InChI is InChI=1S/C17H23BrN4O3/c1-3-19-17(22-6-4-21(5-7-22)12(2)23)20-10-13-8-14(18)16-15(9-13)24-11-25-16/h8-9H,3-7,10-11H2,1-2H3,(H,19,20). The summed E-state index contributed by atoms with van der Waals surface area (Å²) in [6.07, 6.45) is 0. The van der Waals surface area contributed by atoms with Crippen LogP contribution in [0, 0.1) is 0 Å². The number of halogens is 1. The van der Waals surface area contributed by atoms with Crippen molar-refractivity contribution in [3.05, 3.63) is 22.2 Å². The summed E-state index contributed by atoms with van der Waals surface area (Å²) in [6.45, 7) is 8.31. The Morgan fingerprint density at radius 1 is 1.24 bits per heavy atom. The predicted molar refractivity (Wildman–Crippen MR) is 98.9 cm³/mol. The second kappa shape index (κ2) is 7.95. The van der Waals surface area contributed by atoms with E-state index in [0.717, 1.165) is 60.2 Å². The van der Waals surface area contributed by atoms with E-state index in [2.05, 4.69) is 33.1 Å². The van der Waals surface area contributed by atoms with Crippen molar-refractivity contribution in [2.24, 2.45) is 4.99 Å². The Bertz CT molecular complexity index is 672. The average molecular weight is 411 g/mol. The van der Waals surface area contributed by atoms with Gasteiger partial charge in [0.1, 0.15) is 0 Å². The molecule has 0 spiro atoms. The van der Waals surface area contributed by atoms with Crippen LogP contribution in [0.3, 0.4) is 0 Å². The number of hydrogen-bond donors (Lipinski definition) is 1. The molecule has 2 aliphatic heterocycles. The summed E-state index contributed by atoms with van der Waals surface area (Å²) >= 11 is 3.52. The van der Waals surface area contributed by atoms with Crippen molar-refractivity contribution in [3.8, 4) is 11.5 Å². The van der Waals surface area contributed by atoms with Gasteiger partial charge in [0.2, 0.25) is 12.7 Å². The van der Waals surface area contributed by atoms with Crippen molar-refractivity contribution in [2.75, 3.05) is 39.5 Å². The van der Waals surface area contributed by atoms with Crippen molar-refractivity contribution in [2.45, 2.75) is 20.4 Å². The molecule has 0 unspecified atom stereocenters. The van der Waals surface area contributed by atoms with E-state index in [4.69, 9.17) is 14.5 Å². The number of guanidine groups is 1. The lowest BCUT2D eigenvalue weighted by atomic mass is 10.2. The maximum absolute atomic E-state index is 11.5. The van der Waals surface area contributed by atoms with Gasteiger partial charge in [-0.05, 0) is 40.5 Å². The molecule has 0 atom stereocenters. The van der Waals surface area contributed by atoms with Crippen molar-refractivity contribution in [3.63, 3.8) is 0 Å². The summed E-state index contributed by atoms with van der Waals surface area (Å²) in [7, 11) is 0. The first-order valence-electron chi connectivity index (χ1n) is 8.45. The fraction of sp³-hybridized carbons (Fsp3) is 0.529. The van der Waals surface area contributed by atoms with Crippen LogP contribution in [0.1, 0.15) is 19.4 Å². The largest absolute Gasteiger partial charge is 0.454 e. The van der Waals surface area contributed by atoms with E-state index in [9.17, 15) is 4.79 Å². The number of benzene rings is 1. The van der Waals surface area contributed by atoms with E-state index in [1.54, 1.807) is 6.92 Å². The predicted octanol–water partition coefficient (Wildman–Crippen LogP) is 1.81. The number of rotatable bonds is 3. The van der Waals surface area contributed by atoms with Crippen molar-refractivity contribution < 1.29 is 14.3 Å². The van der Waals surface area contributed by atoms with Crippen LogP contribution in [0.25, 0.3) is 0 Å². The lowest BCUT2D eigenvalue weighted by Crippen LogP contribution is -2.53. The maximum atomic E-state index is 11.5. The zero-order valence-corrected chi connectivity index (χ0v) is 16.1. The Kier molecular flexibility index (Phi) is 5.67. The fourth-order valence-corrected chi connectivity index (χ4v) is 3.54. The van der Waals surface area contributed by atoms with Crippen molar-refractivity contribution in [1.82, 2.24) is 15.1 Å². The highest BCUT2D eigenvalue weighted by molar-refractivity contribution is 9.10. The van der Waals surface area contributed by atoms with Crippen LogP contribution in [0.4, 0.5) is 0 Å². The summed E-state index contributed by atoms with van der Waals surface area (Å²) in [6, 6.07) is 3.97. The quantitative estimate of drug-likeness (QED) is 0.607. The van der Waals surface area contributed by atoms with Gasteiger partial charge >= 0.3 is 0 Å². The molecule has 25 heavy (non-hydrogen) atoms. The van der Waals surface area contributed by atoms with Gasteiger partial charge < -0.3 is 24.6 Å². The molecule has 1 aromatic carbocycles. The number of nitrogens with zero attached hydrogens (tertiary/aromatic N) is 3. The molecule has 1 fully saturated rings. The Labute approximate surface area is 156 Å². The number of fused-ring (bicyclic) bond motifs is 1. The van der Waals surface area contributed by atoms with Gasteiger partial charge in [-0.1, -0.05) is 0 Å². The summed E-state index contributed by atoms with van der Waals surface area (Å²) in [5.41, 5.74) is 1.05. The molecule has 136 valence electrons. The highest BCUT2D eigenvalue weighted by atomic mass is 79.9. The van der Waals surface area contributed by atoms with Gasteiger partial charge in [0, 0.05) is 39.6 Å². The summed E-state index contributed by atoms with van der Waals surface area (Å²) in [5.74, 6) is 2.51. The molecule has 1 amide bonds. The minimum absolute atomic E-state index is 0.131. The zero-order valence-electron chi connectivity index (χ0n) is 14.5. The van der Waals surface area contributed by atoms with Gasteiger partial charge in [-0.2, -0.15) is 0 Å². The lowest BCUT2D eigenvalue weighted by Gasteiger charge is -2.36. The third-order valence-corrected chi connectivity index (χ3v) is 4.85. The smallest absolute Gasteiger partial charge is 0.231 e. The number of hydrogen-bond acceptors (Lipinski definition) is 4. The van der Waals surface area contributed by atoms with Crippen molar-refractivity contribution in [1.29, 1.82) is 0 Å². The molecular weight excluding hydrogens is 388 g/mol. The van der Waals surface area contributed by atoms with Gasteiger partial charge in [-0.3, -0.25) is 4.79 Å². The zero-order chi connectivity index (χ0) is 17.8. The molecule has 3 rings (SSSR count). The SMILES string of the molecule is CCNC(=NCc1cc(Br)c2c(c1)OCO2)N1CCN(C(C)=O)CC1. The van der Waals surface area contributed by atoms with E-state index >= 15 is 0 Å². The van der Waals surface area contributed by atoms with Crippen molar-refractivity contribution >= 4 is 27.8 Å². The van der Waals surface area contributed by atoms with Gasteiger partial charge in [0.15, 0.2) is 17.5 Å². The molecular formula is C17H23BrN4O3. The van der Waals surface area contributed by atoms with E-state index < -0.39 is 0 Å². The monoisotopic (exact) mass is 410 g/mol. The number of aliphatic imine (C=N–C) groups is 1. The van der Waals surface area contributed by atoms with E-state index in [-0.39, 0.29) is 12.7 Å². The first kappa shape index (κ1) is 17.8. The molecule has 1 N–H and O–H groups in total. The molecule has 2 aliphatic rings. The fourth-order valence-electron chi connectivity index (χ4n) is 2.94. The van der Waals surface area contributed by atoms with Gasteiger partial charge in [0.25, 0.3) is 0 Å². The minimum atomic E-state index is 0.131. The Morgan fingerprint density at radius 3 is 2.64 bits per heavy atom. The maximum Gasteiger partial charge on any atom is 0.231 e. The van der Waals surface area contributed by atoms with E-state index in [1.807, 2.05) is 17.0 Å². The molecule has 8 heteroatoms. The topological polar surface area (TPSA) is 66.4 Å². The van der Waals surface area contributed by atoms with Gasteiger partial charge in [-0.25, -0.2) is 4.99 Å². The number of piperazine rings is 1. The molecule has 0 radical (unpaired) electrons. The van der Waals surface area contributed by atoms with Crippen LogP contribution in [-0.2, 0) is 11.3 Å². The molecule has 7 nitrogen and oxygen atoms in total. The number of nitrogens with one attached hydrogen (secondary N) is 1. The minimum Gasteiger partial charge on any atom is -0.454 e. The van der Waals surface area contributed by atoms with Crippen LogP contribution in [-0.4, -0.2) is 61.2 Å². The Hall–Kier alpha value is -1.96. The molecule has 0 aromatic heterocycles. The molecule has 0 aliphatic carbocycles. The van der Waals surface area contributed by atoms with Gasteiger partial charge in [0.05, 0.1) is 11.0 Å². The summed E-state index contributed by atoms with van der Waals surface area (Å²) < 4.78 is 11.8. The normalized spacial score (nSPS) is 17.0. The second-order valence-electron chi connectivity index (χ2n) is 5.97. The molecule has 1 saturated heterocycles. The first-order valence-corrected chi connectivity index (χ1v) is 9.24. The van der Waals surface area contributed by atoms with E-state index in [0.29, 0.717) is 6.54 Å². The summed E-state index contributed by atoms with van der Waals surface area (Å²) in [5, 5.41) is 3.34. The van der Waals surface area contributed by atoms with Gasteiger partial charge in [-0.15, -0.1) is 0 Å². The number of amides is 1. The second-order valence-corrected chi connectivity index (χ2v) is 6.83.